The van der Waals surface area contributed by atoms with E-state index in [0.29, 0.717) is 37.1 Å². The average Bonchev–Trinajstić information content (AvgIpc) is 3.31. The van der Waals surface area contributed by atoms with E-state index in [1.54, 1.807) is 12.3 Å². The Bertz CT molecular complexity index is 1090. The predicted molar refractivity (Wildman–Crippen MR) is 115 cm³/mol. The minimum atomic E-state index is -3.02. The first-order valence-electron chi connectivity index (χ1n) is 9.41. The van der Waals surface area contributed by atoms with E-state index < -0.39 is 9.84 Å². The Balaban J connectivity index is 1.85. The molecule has 30 heavy (non-hydrogen) atoms. The van der Waals surface area contributed by atoms with Gasteiger partial charge in [-0.15, -0.1) is 10.2 Å². The van der Waals surface area contributed by atoms with E-state index in [-0.39, 0.29) is 11.7 Å². The Morgan fingerprint density at radius 1 is 1.27 bits per heavy atom. The van der Waals surface area contributed by atoms with Gasteiger partial charge in [0, 0.05) is 39.2 Å². The van der Waals surface area contributed by atoms with Gasteiger partial charge < -0.3 is 15.2 Å². The number of anilines is 2. The quantitative estimate of drug-likeness (QED) is 0.526. The minimum absolute atomic E-state index is 0.115. The van der Waals surface area contributed by atoms with E-state index in [1.165, 1.54) is 13.2 Å². The molecule has 0 atom stereocenters. The fraction of sp³-hybridized carbons (Fsp3) is 0.368. The molecule has 11 heteroatoms. The van der Waals surface area contributed by atoms with Gasteiger partial charge in [-0.25, -0.2) is 13.4 Å². The summed E-state index contributed by atoms with van der Waals surface area (Å²) in [6.45, 7) is 2.41. The smallest absolute Gasteiger partial charge is 0.227 e. The summed E-state index contributed by atoms with van der Waals surface area (Å²) in [5, 5.41) is 11.3. The number of aromatic nitrogens is 5. The highest BCUT2D eigenvalue weighted by atomic mass is 32.2. The Morgan fingerprint density at radius 2 is 2.07 bits per heavy atom. The van der Waals surface area contributed by atoms with Gasteiger partial charge in [0.05, 0.1) is 18.0 Å². The zero-order chi connectivity index (χ0) is 21.7. The number of hydrogen-bond donors (Lipinski definition) is 2. The molecule has 3 aromatic heterocycles. The third-order valence-corrected chi connectivity index (χ3v) is 5.42. The molecular weight excluding hydrogens is 406 g/mol. The van der Waals surface area contributed by atoms with Crippen LogP contribution in [0.3, 0.4) is 0 Å². The van der Waals surface area contributed by atoms with Crippen molar-refractivity contribution in [3.63, 3.8) is 0 Å². The summed E-state index contributed by atoms with van der Waals surface area (Å²) < 4.78 is 24.8. The van der Waals surface area contributed by atoms with Gasteiger partial charge >= 0.3 is 0 Å². The molecule has 0 radical (unpaired) electrons. The van der Waals surface area contributed by atoms with Gasteiger partial charge in [-0.1, -0.05) is 6.07 Å². The van der Waals surface area contributed by atoms with Crippen molar-refractivity contribution in [3.05, 3.63) is 42.2 Å². The summed E-state index contributed by atoms with van der Waals surface area (Å²) in [4.78, 5) is 20.5. The van der Waals surface area contributed by atoms with Crippen molar-refractivity contribution in [3.8, 4) is 11.5 Å². The van der Waals surface area contributed by atoms with Gasteiger partial charge in [0.15, 0.2) is 5.82 Å². The van der Waals surface area contributed by atoms with Crippen LogP contribution >= 0.6 is 0 Å². The Labute approximate surface area is 175 Å². The molecule has 0 spiro atoms. The van der Waals surface area contributed by atoms with Crippen molar-refractivity contribution in [2.75, 3.05) is 35.8 Å². The summed E-state index contributed by atoms with van der Waals surface area (Å²) in [6.07, 6.45) is 5.23. The second-order valence-corrected chi connectivity index (χ2v) is 9.39. The zero-order valence-corrected chi connectivity index (χ0v) is 18.0. The van der Waals surface area contributed by atoms with Gasteiger partial charge in [0.25, 0.3) is 0 Å². The van der Waals surface area contributed by atoms with Crippen LogP contribution in [0, 0.1) is 0 Å². The molecule has 3 rings (SSSR count). The molecule has 0 unspecified atom stereocenters. The van der Waals surface area contributed by atoms with Gasteiger partial charge in [-0.05, 0) is 30.2 Å². The maximum Gasteiger partial charge on any atom is 0.227 e. The monoisotopic (exact) mass is 431 g/mol. The van der Waals surface area contributed by atoms with Gasteiger partial charge in [0.2, 0.25) is 11.9 Å². The van der Waals surface area contributed by atoms with E-state index in [0.717, 1.165) is 11.3 Å². The topological polar surface area (TPSA) is 126 Å². The number of pyridine rings is 1. The van der Waals surface area contributed by atoms with E-state index in [2.05, 4.69) is 25.5 Å². The molecule has 160 valence electrons. The second-order valence-electron chi connectivity index (χ2n) is 7.13. The van der Waals surface area contributed by atoms with Crippen molar-refractivity contribution < 1.29 is 13.2 Å². The number of H-pyrrole nitrogens is 1. The van der Waals surface area contributed by atoms with E-state index >= 15 is 0 Å². The van der Waals surface area contributed by atoms with Crippen LogP contribution in [0.2, 0.25) is 0 Å². The lowest BCUT2D eigenvalue weighted by Crippen LogP contribution is -2.25. The van der Waals surface area contributed by atoms with Gasteiger partial charge in [-0.3, -0.25) is 9.36 Å². The second kappa shape index (κ2) is 9.08. The first-order valence-corrected chi connectivity index (χ1v) is 11.5. The number of rotatable bonds is 9. The van der Waals surface area contributed by atoms with Crippen LogP contribution < -0.4 is 10.2 Å². The third-order valence-electron chi connectivity index (χ3n) is 4.39. The van der Waals surface area contributed by atoms with Crippen molar-refractivity contribution in [1.82, 2.24) is 24.7 Å². The normalized spacial score (nSPS) is 11.4. The number of sulfone groups is 1. The maximum absolute atomic E-state index is 11.4. The molecule has 0 fully saturated rings. The van der Waals surface area contributed by atoms with Crippen molar-refractivity contribution >= 4 is 27.5 Å². The Kier molecular flexibility index (Phi) is 6.50. The summed E-state index contributed by atoms with van der Waals surface area (Å²) in [7, 11) is -1.16. The lowest BCUT2D eigenvalue weighted by atomic mass is 10.2. The minimum Gasteiger partial charge on any atom is -0.359 e. The third kappa shape index (κ3) is 5.66. The number of aromatic amines is 1. The molecule has 3 aromatic rings. The lowest BCUT2D eigenvalue weighted by molar-refractivity contribution is -0.114. The molecule has 0 aliphatic heterocycles. The molecule has 0 saturated carbocycles. The fourth-order valence-electron chi connectivity index (χ4n) is 3.01. The molecule has 1 amide bonds. The standard InChI is InChI=1S/C19H25N7O3S/c1-14(27)22-17-8-7-15(12-21-17)13-26-18(16-6-4-9-20-16)23-24-19(26)25(2)10-5-11-30(3,28)29/h4,6-9,12,20H,5,10-11,13H2,1-3H3,(H,21,22,27). The van der Waals surface area contributed by atoms with Crippen LogP contribution in [-0.4, -0.2) is 64.7 Å². The average molecular weight is 432 g/mol. The van der Waals surface area contributed by atoms with Gasteiger partial charge in [-0.2, -0.15) is 0 Å². The molecule has 10 nitrogen and oxygen atoms in total. The van der Waals surface area contributed by atoms with Crippen molar-refractivity contribution in [1.29, 1.82) is 0 Å². The van der Waals surface area contributed by atoms with E-state index in [4.69, 9.17) is 0 Å². The van der Waals surface area contributed by atoms with Crippen LogP contribution in [0.1, 0.15) is 18.9 Å². The fourth-order valence-corrected chi connectivity index (χ4v) is 3.66. The number of amides is 1. The lowest BCUT2D eigenvalue weighted by Gasteiger charge is -2.19. The van der Waals surface area contributed by atoms with Crippen LogP contribution in [-0.2, 0) is 21.2 Å². The molecule has 0 aliphatic rings. The Hall–Kier alpha value is -3.21. The SMILES string of the molecule is CC(=O)Nc1ccc(Cn2c(-c3ccc[nH]3)nnc2N(C)CCCS(C)(=O)=O)cn1. The summed E-state index contributed by atoms with van der Waals surface area (Å²) in [5.41, 5.74) is 1.73. The molecular formula is C19H25N7O3S. The van der Waals surface area contributed by atoms with Gasteiger partial charge in [0.1, 0.15) is 15.7 Å². The van der Waals surface area contributed by atoms with Crippen LogP contribution in [0.25, 0.3) is 11.5 Å². The van der Waals surface area contributed by atoms with Crippen molar-refractivity contribution in [2.45, 2.75) is 19.9 Å². The maximum atomic E-state index is 11.4. The van der Waals surface area contributed by atoms with Crippen LogP contribution in [0.15, 0.2) is 36.7 Å². The highest BCUT2D eigenvalue weighted by molar-refractivity contribution is 7.90. The first-order chi connectivity index (χ1) is 14.2. The van der Waals surface area contributed by atoms with E-state index in [9.17, 15) is 13.2 Å². The van der Waals surface area contributed by atoms with E-state index in [1.807, 2.05) is 40.9 Å². The van der Waals surface area contributed by atoms with Crippen molar-refractivity contribution in [2.24, 2.45) is 0 Å². The molecule has 2 N–H and O–H groups in total. The summed E-state index contributed by atoms with van der Waals surface area (Å²) in [6, 6.07) is 7.41. The zero-order valence-electron chi connectivity index (χ0n) is 17.2. The number of nitrogens with zero attached hydrogens (tertiary/aromatic N) is 5. The highest BCUT2D eigenvalue weighted by Crippen LogP contribution is 2.23. The summed E-state index contributed by atoms with van der Waals surface area (Å²) in [5.74, 6) is 1.71. The van der Waals surface area contributed by atoms with Crippen LogP contribution in [0.5, 0.6) is 0 Å². The number of carbonyl (C=O) groups is 1. The number of carbonyl (C=O) groups excluding carboxylic acids is 1. The highest BCUT2D eigenvalue weighted by Gasteiger charge is 2.18. The molecule has 0 saturated heterocycles. The number of hydrogen-bond acceptors (Lipinski definition) is 7. The Morgan fingerprint density at radius 3 is 2.67 bits per heavy atom. The first kappa shape index (κ1) is 21.5. The molecule has 3 heterocycles. The van der Waals surface area contributed by atoms with Crippen LogP contribution in [0.4, 0.5) is 11.8 Å². The largest absolute Gasteiger partial charge is 0.359 e. The molecule has 0 bridgehead atoms. The summed E-state index contributed by atoms with van der Waals surface area (Å²) >= 11 is 0. The predicted octanol–water partition coefficient (Wildman–Crippen LogP) is 1.55. The molecule has 0 aromatic carbocycles. The molecule has 0 aliphatic carbocycles. The number of nitrogens with one attached hydrogen (secondary N) is 2.